The number of aliphatic hydroxyl groups excluding tert-OH is 1. The maximum atomic E-state index is 12.9. The Kier molecular flexibility index (Phi) is 6.10. The summed E-state index contributed by atoms with van der Waals surface area (Å²) in [7, 11) is 0. The second kappa shape index (κ2) is 8.28. The normalized spacial score (nSPS) is 13.1. The van der Waals surface area contributed by atoms with Crippen LogP contribution < -0.4 is 10.1 Å². The molecule has 0 aliphatic heterocycles. The number of halogens is 1. The molecule has 0 spiro atoms. The lowest BCUT2D eigenvalue weighted by Gasteiger charge is -2.18. The van der Waals surface area contributed by atoms with Gasteiger partial charge in [-0.25, -0.2) is 4.39 Å². The first-order chi connectivity index (χ1) is 11.1. The molecule has 0 saturated carbocycles. The predicted octanol–water partition coefficient (Wildman–Crippen LogP) is 2.79. The van der Waals surface area contributed by atoms with E-state index in [0.29, 0.717) is 17.9 Å². The monoisotopic (exact) mass is 314 g/mol. The van der Waals surface area contributed by atoms with Crippen LogP contribution in [0.4, 0.5) is 4.39 Å². The number of hydrogen-bond donors (Lipinski definition) is 2. The highest BCUT2D eigenvalue weighted by molar-refractivity contribution is 5.34. The molecular formula is C18H19FN2O2. The summed E-state index contributed by atoms with van der Waals surface area (Å²) in [6, 6.07) is 15.0. The van der Waals surface area contributed by atoms with E-state index in [1.165, 1.54) is 12.1 Å². The van der Waals surface area contributed by atoms with Crippen molar-refractivity contribution in [3.05, 3.63) is 65.5 Å². The molecule has 2 atom stereocenters. The average Bonchev–Trinajstić information content (AvgIpc) is 2.59. The van der Waals surface area contributed by atoms with Crippen molar-refractivity contribution in [2.75, 3.05) is 13.2 Å². The third-order valence-electron chi connectivity index (χ3n) is 3.46. The Balaban J connectivity index is 1.75. The number of nitrogens with zero attached hydrogens (tertiary/aromatic N) is 1. The molecule has 0 saturated heterocycles. The number of benzene rings is 2. The molecule has 2 aromatic rings. The van der Waals surface area contributed by atoms with Gasteiger partial charge in [-0.1, -0.05) is 12.1 Å². The van der Waals surface area contributed by atoms with Gasteiger partial charge in [0.1, 0.15) is 24.3 Å². The molecule has 0 aromatic heterocycles. The van der Waals surface area contributed by atoms with Gasteiger partial charge in [-0.3, -0.25) is 0 Å². The molecule has 2 aromatic carbocycles. The van der Waals surface area contributed by atoms with Crippen LogP contribution in [-0.4, -0.2) is 24.4 Å². The van der Waals surface area contributed by atoms with Crippen LogP contribution in [0, 0.1) is 17.1 Å². The summed E-state index contributed by atoms with van der Waals surface area (Å²) in [5, 5.41) is 21.8. The lowest BCUT2D eigenvalue weighted by molar-refractivity contribution is 0.104. The van der Waals surface area contributed by atoms with Crippen molar-refractivity contribution in [3.8, 4) is 11.8 Å². The highest BCUT2D eigenvalue weighted by atomic mass is 19.1. The largest absolute Gasteiger partial charge is 0.491 e. The zero-order valence-electron chi connectivity index (χ0n) is 12.9. The highest BCUT2D eigenvalue weighted by Gasteiger charge is 2.09. The Labute approximate surface area is 135 Å². The quantitative estimate of drug-likeness (QED) is 0.825. The summed E-state index contributed by atoms with van der Waals surface area (Å²) in [4.78, 5) is 0. The van der Waals surface area contributed by atoms with Crippen LogP contribution >= 0.6 is 0 Å². The Bertz CT molecular complexity index is 650. The maximum Gasteiger partial charge on any atom is 0.123 e. The third-order valence-corrected chi connectivity index (χ3v) is 3.46. The number of hydrogen-bond acceptors (Lipinski definition) is 4. The van der Waals surface area contributed by atoms with Gasteiger partial charge in [0, 0.05) is 12.6 Å². The van der Waals surface area contributed by atoms with E-state index in [1.807, 2.05) is 13.0 Å². The van der Waals surface area contributed by atoms with Crippen molar-refractivity contribution >= 4 is 0 Å². The van der Waals surface area contributed by atoms with Gasteiger partial charge in [0.2, 0.25) is 0 Å². The first-order valence-corrected chi connectivity index (χ1v) is 7.38. The molecule has 0 heterocycles. The van der Waals surface area contributed by atoms with Crippen LogP contribution in [0.25, 0.3) is 0 Å². The van der Waals surface area contributed by atoms with Crippen molar-refractivity contribution in [1.29, 1.82) is 5.26 Å². The van der Waals surface area contributed by atoms with E-state index in [2.05, 4.69) is 5.32 Å². The Hall–Kier alpha value is -2.42. The van der Waals surface area contributed by atoms with E-state index in [4.69, 9.17) is 10.00 Å². The summed E-state index contributed by atoms with van der Waals surface area (Å²) in [5.41, 5.74) is 1.51. The number of ether oxygens (including phenoxy) is 1. The predicted molar refractivity (Wildman–Crippen MR) is 85.5 cm³/mol. The minimum absolute atomic E-state index is 0.000150. The van der Waals surface area contributed by atoms with Crippen LogP contribution in [0.3, 0.4) is 0 Å². The third kappa shape index (κ3) is 5.37. The fourth-order valence-corrected chi connectivity index (χ4v) is 2.06. The molecule has 0 bridgehead atoms. The lowest BCUT2D eigenvalue weighted by atomic mass is 10.1. The van der Waals surface area contributed by atoms with E-state index < -0.39 is 6.10 Å². The molecule has 0 aliphatic carbocycles. The SMILES string of the molecule is C[C@H](NC[C@@H](O)COc1ccc(C#N)cc1)c1ccc(F)cc1. The smallest absolute Gasteiger partial charge is 0.123 e. The Morgan fingerprint density at radius 3 is 2.43 bits per heavy atom. The molecule has 0 radical (unpaired) electrons. The van der Waals surface area contributed by atoms with Crippen LogP contribution in [0.1, 0.15) is 24.1 Å². The van der Waals surface area contributed by atoms with E-state index in [0.717, 1.165) is 5.56 Å². The number of nitriles is 1. The van der Waals surface area contributed by atoms with E-state index in [9.17, 15) is 9.50 Å². The molecular weight excluding hydrogens is 295 g/mol. The van der Waals surface area contributed by atoms with Gasteiger partial charge in [0.05, 0.1) is 11.6 Å². The first-order valence-electron chi connectivity index (χ1n) is 7.38. The topological polar surface area (TPSA) is 65.3 Å². The van der Waals surface area contributed by atoms with Crippen LogP contribution in [0.5, 0.6) is 5.75 Å². The zero-order valence-corrected chi connectivity index (χ0v) is 12.9. The average molecular weight is 314 g/mol. The molecule has 0 unspecified atom stereocenters. The van der Waals surface area contributed by atoms with Gasteiger partial charge < -0.3 is 15.2 Å². The second-order valence-corrected chi connectivity index (χ2v) is 5.28. The van der Waals surface area contributed by atoms with Crippen molar-refractivity contribution < 1.29 is 14.2 Å². The van der Waals surface area contributed by atoms with Gasteiger partial charge in [-0.05, 0) is 48.9 Å². The molecule has 2 N–H and O–H groups in total. The van der Waals surface area contributed by atoms with E-state index in [-0.39, 0.29) is 18.5 Å². The molecule has 0 aliphatic rings. The first kappa shape index (κ1) is 16.9. The van der Waals surface area contributed by atoms with Crippen LogP contribution in [-0.2, 0) is 0 Å². The molecule has 0 amide bonds. The van der Waals surface area contributed by atoms with E-state index in [1.54, 1.807) is 36.4 Å². The molecule has 23 heavy (non-hydrogen) atoms. The van der Waals surface area contributed by atoms with Gasteiger partial charge in [-0.2, -0.15) is 5.26 Å². The number of aliphatic hydroxyl groups is 1. The Morgan fingerprint density at radius 2 is 1.83 bits per heavy atom. The summed E-state index contributed by atoms with van der Waals surface area (Å²) < 4.78 is 18.4. The fraction of sp³-hybridized carbons (Fsp3) is 0.278. The highest BCUT2D eigenvalue weighted by Crippen LogP contribution is 2.13. The number of rotatable bonds is 7. The van der Waals surface area contributed by atoms with Crippen molar-refractivity contribution in [2.24, 2.45) is 0 Å². The van der Waals surface area contributed by atoms with Crippen molar-refractivity contribution in [1.82, 2.24) is 5.32 Å². The molecule has 2 rings (SSSR count). The fourth-order valence-electron chi connectivity index (χ4n) is 2.06. The van der Waals surface area contributed by atoms with Gasteiger partial charge >= 0.3 is 0 Å². The molecule has 120 valence electrons. The summed E-state index contributed by atoms with van der Waals surface area (Å²) in [5.74, 6) is 0.339. The number of nitrogens with one attached hydrogen (secondary N) is 1. The van der Waals surface area contributed by atoms with Gasteiger partial charge in [-0.15, -0.1) is 0 Å². The summed E-state index contributed by atoms with van der Waals surface area (Å²) in [6.45, 7) is 2.45. The minimum atomic E-state index is -0.673. The molecule has 4 nitrogen and oxygen atoms in total. The second-order valence-electron chi connectivity index (χ2n) is 5.28. The molecule has 5 heteroatoms. The minimum Gasteiger partial charge on any atom is -0.491 e. The van der Waals surface area contributed by atoms with Crippen LogP contribution in [0.15, 0.2) is 48.5 Å². The van der Waals surface area contributed by atoms with Crippen molar-refractivity contribution in [3.63, 3.8) is 0 Å². The lowest BCUT2D eigenvalue weighted by Crippen LogP contribution is -2.33. The van der Waals surface area contributed by atoms with Gasteiger partial charge in [0.15, 0.2) is 0 Å². The van der Waals surface area contributed by atoms with Crippen molar-refractivity contribution in [2.45, 2.75) is 19.1 Å². The van der Waals surface area contributed by atoms with E-state index >= 15 is 0 Å². The summed E-state index contributed by atoms with van der Waals surface area (Å²) >= 11 is 0. The molecule has 0 fully saturated rings. The maximum absolute atomic E-state index is 12.9. The van der Waals surface area contributed by atoms with Crippen LogP contribution in [0.2, 0.25) is 0 Å². The van der Waals surface area contributed by atoms with Gasteiger partial charge in [0.25, 0.3) is 0 Å². The Morgan fingerprint density at radius 1 is 1.17 bits per heavy atom. The zero-order chi connectivity index (χ0) is 16.7. The standard InChI is InChI=1S/C18H19FN2O2/c1-13(15-4-6-16(19)7-5-15)21-11-17(22)12-23-18-8-2-14(10-20)3-9-18/h2-9,13,17,21-22H,11-12H2,1H3/t13-,17+/m0/s1. The summed E-state index contributed by atoms with van der Waals surface area (Å²) in [6.07, 6.45) is -0.673.